The van der Waals surface area contributed by atoms with Gasteiger partial charge in [0.25, 0.3) is 0 Å². The number of fused-ring (bicyclic) bond motifs is 1. The van der Waals surface area contributed by atoms with Gasteiger partial charge in [0, 0.05) is 68.3 Å². The average molecular weight is 555 g/mol. The van der Waals surface area contributed by atoms with Gasteiger partial charge in [0.05, 0.1) is 17.8 Å². The van der Waals surface area contributed by atoms with Crippen LogP contribution in [0.5, 0.6) is 0 Å². The molecule has 0 aliphatic carbocycles. The van der Waals surface area contributed by atoms with Gasteiger partial charge in [-0.2, -0.15) is 13.9 Å². The summed E-state index contributed by atoms with van der Waals surface area (Å²) < 4.78 is 33.0. The first-order chi connectivity index (χ1) is 19.2. The fourth-order valence-electron chi connectivity index (χ4n) is 6.11. The van der Waals surface area contributed by atoms with E-state index in [9.17, 15) is 8.78 Å². The number of nitrogens with one attached hydrogen (secondary N) is 1. The second kappa shape index (κ2) is 12.5. The van der Waals surface area contributed by atoms with Gasteiger partial charge in [-0.3, -0.25) is 4.90 Å². The van der Waals surface area contributed by atoms with Crippen LogP contribution in [0.1, 0.15) is 46.1 Å². The van der Waals surface area contributed by atoms with Crippen LogP contribution in [0.25, 0.3) is 16.6 Å². The molecule has 218 valence electrons. The van der Waals surface area contributed by atoms with E-state index in [1.807, 2.05) is 10.7 Å². The fourth-order valence-corrected chi connectivity index (χ4v) is 6.11. The number of rotatable bonds is 10. The molecular weight excluding hydrogens is 510 g/mol. The van der Waals surface area contributed by atoms with Gasteiger partial charge in [0.15, 0.2) is 0 Å². The Bertz CT molecular complexity index is 1230. The highest BCUT2D eigenvalue weighted by Gasteiger charge is 2.38. The van der Waals surface area contributed by atoms with E-state index in [-0.39, 0.29) is 6.61 Å². The van der Waals surface area contributed by atoms with Crippen molar-refractivity contribution in [3.8, 4) is 11.1 Å². The van der Waals surface area contributed by atoms with Crippen molar-refractivity contribution in [2.75, 3.05) is 57.4 Å². The monoisotopic (exact) mass is 554 g/mol. The van der Waals surface area contributed by atoms with Crippen LogP contribution in [0.15, 0.2) is 48.8 Å². The first kappa shape index (κ1) is 28.9. The summed E-state index contributed by atoms with van der Waals surface area (Å²) in [5, 5.41) is 8.11. The molecule has 0 spiro atoms. The number of hydrogen-bond acceptors (Lipinski definition) is 6. The summed E-state index contributed by atoms with van der Waals surface area (Å²) in [6.45, 7) is 12.7. The number of likely N-dealkylation sites (tertiary alicyclic amines) is 1. The number of piperazine rings is 1. The quantitative estimate of drug-likeness (QED) is 0.378. The Morgan fingerprint density at radius 3 is 2.25 bits per heavy atom. The minimum absolute atomic E-state index is 0.0418. The van der Waals surface area contributed by atoms with E-state index in [0.717, 1.165) is 81.0 Å². The van der Waals surface area contributed by atoms with E-state index in [2.05, 4.69) is 95.4 Å². The second-order valence-electron chi connectivity index (χ2n) is 12.0. The summed E-state index contributed by atoms with van der Waals surface area (Å²) in [6, 6.07) is 13.7. The minimum Gasteiger partial charge on any atom is -0.367 e. The molecule has 2 saturated heterocycles. The van der Waals surface area contributed by atoms with Crippen LogP contribution in [0.2, 0.25) is 0 Å². The molecule has 0 atom stereocenters. The van der Waals surface area contributed by atoms with Gasteiger partial charge in [-0.05, 0) is 76.9 Å². The van der Waals surface area contributed by atoms with Crippen LogP contribution >= 0.6 is 0 Å². The summed E-state index contributed by atoms with van der Waals surface area (Å²) in [6.07, 6.45) is 5.56. The summed E-state index contributed by atoms with van der Waals surface area (Å²) in [7, 11) is 0. The van der Waals surface area contributed by atoms with Gasteiger partial charge in [0.1, 0.15) is 0 Å². The van der Waals surface area contributed by atoms with E-state index >= 15 is 0 Å². The normalized spacial score (nSPS) is 19.0. The standard InChI is InChI=1S/C31H44F2N6O/c1-23(2)34-22-36-15-17-38(18-16-36)28-9-12-35-39-20-26(19-29(28)39)25-5-7-27(8-6-25)31(21-40-30(32)33)10-13-37(14-11-31)24(3)4/h5-9,12,19-20,23-24,30,34H,10-11,13-18,21-22H2,1-4H3. The van der Waals surface area contributed by atoms with Gasteiger partial charge >= 0.3 is 6.61 Å². The topological polar surface area (TPSA) is 48.3 Å². The van der Waals surface area contributed by atoms with Crippen LogP contribution in [-0.2, 0) is 10.2 Å². The maximum absolute atomic E-state index is 13.1. The maximum Gasteiger partial charge on any atom is 0.345 e. The molecule has 0 radical (unpaired) electrons. The number of piperidine rings is 1. The molecule has 0 amide bonds. The number of nitrogens with zero attached hydrogens (tertiary/aromatic N) is 5. The predicted molar refractivity (Wildman–Crippen MR) is 157 cm³/mol. The van der Waals surface area contributed by atoms with Crippen molar-refractivity contribution in [3.63, 3.8) is 0 Å². The van der Waals surface area contributed by atoms with E-state index in [0.29, 0.717) is 12.1 Å². The Hall–Kier alpha value is -2.59. The van der Waals surface area contributed by atoms with E-state index < -0.39 is 12.0 Å². The first-order valence-corrected chi connectivity index (χ1v) is 14.7. The highest BCUT2D eigenvalue weighted by Crippen LogP contribution is 2.38. The van der Waals surface area contributed by atoms with Crippen molar-refractivity contribution >= 4 is 11.2 Å². The minimum atomic E-state index is -2.76. The summed E-state index contributed by atoms with van der Waals surface area (Å²) in [5.74, 6) is 0. The van der Waals surface area contributed by atoms with Crippen molar-refractivity contribution < 1.29 is 13.5 Å². The molecule has 0 unspecified atom stereocenters. The van der Waals surface area contributed by atoms with E-state index in [4.69, 9.17) is 4.74 Å². The second-order valence-corrected chi connectivity index (χ2v) is 12.0. The van der Waals surface area contributed by atoms with Crippen LogP contribution in [0.4, 0.5) is 14.5 Å². The number of alkyl halides is 2. The largest absolute Gasteiger partial charge is 0.367 e. The SMILES string of the molecule is CC(C)NCN1CCN(c2ccnn3cc(-c4ccc(C5(COC(F)F)CCN(C(C)C)CC5)cc4)cc23)CC1. The first-order valence-electron chi connectivity index (χ1n) is 14.7. The van der Waals surface area contributed by atoms with Gasteiger partial charge < -0.3 is 19.9 Å². The molecule has 0 saturated carbocycles. The van der Waals surface area contributed by atoms with Crippen LogP contribution in [0.3, 0.4) is 0 Å². The molecular formula is C31H44F2N6O. The lowest BCUT2D eigenvalue weighted by Gasteiger charge is -2.43. The molecule has 5 rings (SSSR count). The van der Waals surface area contributed by atoms with Crippen LogP contribution in [-0.4, -0.2) is 90.7 Å². The summed E-state index contributed by atoms with van der Waals surface area (Å²) in [5.41, 5.74) is 5.17. The Kier molecular flexibility index (Phi) is 9.05. The molecule has 4 heterocycles. The Morgan fingerprint density at radius 1 is 0.925 bits per heavy atom. The number of halogens is 2. The number of hydrogen-bond donors (Lipinski definition) is 1. The number of ether oxygens (including phenoxy) is 1. The zero-order valence-corrected chi connectivity index (χ0v) is 24.3. The molecule has 1 N–H and O–H groups in total. The van der Waals surface area contributed by atoms with E-state index in [1.54, 1.807) is 0 Å². The lowest BCUT2D eigenvalue weighted by atomic mass is 9.73. The van der Waals surface area contributed by atoms with Gasteiger partial charge in [-0.25, -0.2) is 4.52 Å². The zero-order chi connectivity index (χ0) is 28.3. The number of aromatic nitrogens is 2. The van der Waals surface area contributed by atoms with Crippen molar-refractivity contribution in [2.24, 2.45) is 0 Å². The van der Waals surface area contributed by atoms with Crippen molar-refractivity contribution in [2.45, 2.75) is 64.6 Å². The summed E-state index contributed by atoms with van der Waals surface area (Å²) >= 11 is 0. The van der Waals surface area contributed by atoms with Crippen LogP contribution in [0, 0.1) is 0 Å². The van der Waals surface area contributed by atoms with Crippen LogP contribution < -0.4 is 10.2 Å². The molecule has 40 heavy (non-hydrogen) atoms. The third-order valence-electron chi connectivity index (χ3n) is 8.72. The average Bonchev–Trinajstić information content (AvgIpc) is 3.40. The lowest BCUT2D eigenvalue weighted by molar-refractivity contribution is -0.146. The van der Waals surface area contributed by atoms with Gasteiger partial charge in [-0.1, -0.05) is 24.3 Å². The third-order valence-corrected chi connectivity index (χ3v) is 8.72. The van der Waals surface area contributed by atoms with Gasteiger partial charge in [0.2, 0.25) is 0 Å². The Balaban J connectivity index is 1.33. The molecule has 2 aliphatic rings. The molecule has 7 nitrogen and oxygen atoms in total. The van der Waals surface area contributed by atoms with Crippen molar-refractivity contribution in [3.05, 3.63) is 54.4 Å². The predicted octanol–water partition coefficient (Wildman–Crippen LogP) is 5.06. The molecule has 9 heteroatoms. The van der Waals surface area contributed by atoms with Crippen molar-refractivity contribution in [1.82, 2.24) is 24.7 Å². The maximum atomic E-state index is 13.1. The molecule has 2 fully saturated rings. The Morgan fingerprint density at radius 2 is 1.62 bits per heavy atom. The molecule has 2 aliphatic heterocycles. The number of anilines is 1. The molecule has 0 bridgehead atoms. The van der Waals surface area contributed by atoms with Crippen molar-refractivity contribution in [1.29, 1.82) is 0 Å². The van der Waals surface area contributed by atoms with E-state index in [1.165, 1.54) is 5.69 Å². The molecule has 3 aromatic rings. The number of benzene rings is 1. The zero-order valence-electron chi connectivity index (χ0n) is 24.3. The highest BCUT2D eigenvalue weighted by molar-refractivity contribution is 5.80. The Labute approximate surface area is 237 Å². The molecule has 1 aromatic carbocycles. The third kappa shape index (κ3) is 6.48. The highest BCUT2D eigenvalue weighted by atomic mass is 19.3. The van der Waals surface area contributed by atoms with Gasteiger partial charge in [-0.15, -0.1) is 0 Å². The molecule has 2 aromatic heterocycles. The summed E-state index contributed by atoms with van der Waals surface area (Å²) in [4.78, 5) is 7.33. The lowest BCUT2D eigenvalue weighted by Crippen LogP contribution is -2.50. The fraction of sp³-hybridized carbons (Fsp3) is 0.581. The smallest absolute Gasteiger partial charge is 0.345 e.